The lowest BCUT2D eigenvalue weighted by atomic mass is 10.1. The Morgan fingerprint density at radius 3 is 2.59 bits per heavy atom. The second-order valence-electron chi connectivity index (χ2n) is 4.67. The van der Waals surface area contributed by atoms with E-state index in [1.54, 1.807) is 6.92 Å². The predicted molar refractivity (Wildman–Crippen MR) is 68.5 cm³/mol. The molecule has 3 heteroatoms. The van der Waals surface area contributed by atoms with Crippen LogP contribution in [0.2, 0.25) is 0 Å². The number of hydrogen-bond acceptors (Lipinski definition) is 3. The van der Waals surface area contributed by atoms with Crippen molar-refractivity contribution >= 4 is 11.5 Å². The number of aliphatic hydroxyl groups excluding tert-OH is 1. The summed E-state index contributed by atoms with van der Waals surface area (Å²) in [6, 6.07) is 7.74. The van der Waals surface area contributed by atoms with Crippen molar-refractivity contribution < 1.29 is 9.90 Å². The van der Waals surface area contributed by atoms with Crippen LogP contribution in [0, 0.1) is 0 Å². The third-order valence-corrected chi connectivity index (χ3v) is 3.34. The summed E-state index contributed by atoms with van der Waals surface area (Å²) >= 11 is 0. The van der Waals surface area contributed by atoms with Gasteiger partial charge in [0.05, 0.1) is 6.10 Å². The molecule has 1 heterocycles. The number of aliphatic hydroxyl groups is 1. The number of Topliss-reactive ketones (excluding diaryl/α,β-unsaturated/α-hetero) is 1. The molecule has 3 nitrogen and oxygen atoms in total. The molecule has 1 aromatic carbocycles. The second kappa shape index (κ2) is 5.32. The molecule has 1 atom stereocenters. The maximum Gasteiger partial charge on any atom is 0.159 e. The molecule has 1 saturated heterocycles. The topological polar surface area (TPSA) is 40.5 Å². The lowest BCUT2D eigenvalue weighted by Gasteiger charge is -2.22. The van der Waals surface area contributed by atoms with Crippen LogP contribution in [0.4, 0.5) is 5.69 Å². The number of nitrogens with zero attached hydrogens (tertiary/aromatic N) is 1. The summed E-state index contributed by atoms with van der Waals surface area (Å²) in [6.45, 7) is 3.45. The van der Waals surface area contributed by atoms with E-state index in [-0.39, 0.29) is 11.9 Å². The van der Waals surface area contributed by atoms with E-state index in [1.807, 2.05) is 24.3 Å². The number of anilines is 1. The van der Waals surface area contributed by atoms with Crippen molar-refractivity contribution in [2.24, 2.45) is 0 Å². The standard InChI is InChI=1S/C14H19NO2/c1-11(16)12-4-6-13(7-5-12)15-9-2-3-14(17)8-10-15/h4-7,14,17H,2-3,8-10H2,1H3. The zero-order chi connectivity index (χ0) is 12.3. The van der Waals surface area contributed by atoms with Crippen LogP contribution < -0.4 is 4.90 Å². The fourth-order valence-corrected chi connectivity index (χ4v) is 2.24. The van der Waals surface area contributed by atoms with Gasteiger partial charge >= 0.3 is 0 Å². The quantitative estimate of drug-likeness (QED) is 0.796. The van der Waals surface area contributed by atoms with Crippen molar-refractivity contribution in [2.45, 2.75) is 32.3 Å². The van der Waals surface area contributed by atoms with Crippen molar-refractivity contribution in [3.05, 3.63) is 29.8 Å². The minimum atomic E-state index is -0.156. The molecule has 0 bridgehead atoms. The van der Waals surface area contributed by atoms with Crippen molar-refractivity contribution in [3.63, 3.8) is 0 Å². The lowest BCUT2D eigenvalue weighted by molar-refractivity contribution is 0.101. The molecule has 0 radical (unpaired) electrons. The van der Waals surface area contributed by atoms with Gasteiger partial charge < -0.3 is 10.0 Å². The van der Waals surface area contributed by atoms with Gasteiger partial charge in [-0.3, -0.25) is 4.79 Å². The van der Waals surface area contributed by atoms with E-state index in [4.69, 9.17) is 0 Å². The zero-order valence-electron chi connectivity index (χ0n) is 10.2. The summed E-state index contributed by atoms with van der Waals surface area (Å²) in [5, 5.41) is 9.60. The number of ketones is 1. The Hall–Kier alpha value is -1.35. The van der Waals surface area contributed by atoms with E-state index in [0.29, 0.717) is 0 Å². The van der Waals surface area contributed by atoms with Crippen LogP contribution in [0.3, 0.4) is 0 Å². The summed E-state index contributed by atoms with van der Waals surface area (Å²) in [6.07, 6.45) is 2.59. The molecule has 92 valence electrons. The SMILES string of the molecule is CC(=O)c1ccc(N2CCCC(O)CC2)cc1. The summed E-state index contributed by atoms with van der Waals surface area (Å²) in [7, 11) is 0. The number of rotatable bonds is 2. The van der Waals surface area contributed by atoms with Gasteiger partial charge in [-0.25, -0.2) is 0 Å². The van der Waals surface area contributed by atoms with Gasteiger partial charge in [0.25, 0.3) is 0 Å². The van der Waals surface area contributed by atoms with Crippen LogP contribution in [0.15, 0.2) is 24.3 Å². The van der Waals surface area contributed by atoms with E-state index in [9.17, 15) is 9.90 Å². The molecule has 1 fully saturated rings. The summed E-state index contributed by atoms with van der Waals surface area (Å²) in [4.78, 5) is 13.5. The van der Waals surface area contributed by atoms with Crippen molar-refractivity contribution in [1.82, 2.24) is 0 Å². The normalized spacial score (nSPS) is 21.1. The van der Waals surface area contributed by atoms with Crippen molar-refractivity contribution in [1.29, 1.82) is 0 Å². The van der Waals surface area contributed by atoms with Crippen molar-refractivity contribution in [2.75, 3.05) is 18.0 Å². The Morgan fingerprint density at radius 2 is 1.94 bits per heavy atom. The summed E-state index contributed by atoms with van der Waals surface area (Å²) in [5.74, 6) is 0.0999. The van der Waals surface area contributed by atoms with Crippen LogP contribution in [-0.2, 0) is 0 Å². The van der Waals surface area contributed by atoms with Gasteiger partial charge in [0, 0.05) is 24.3 Å². The van der Waals surface area contributed by atoms with E-state index < -0.39 is 0 Å². The van der Waals surface area contributed by atoms with Crippen LogP contribution in [-0.4, -0.2) is 30.1 Å². The molecule has 1 aliphatic heterocycles. The molecule has 1 N–H and O–H groups in total. The van der Waals surface area contributed by atoms with E-state index in [2.05, 4.69) is 4.90 Å². The van der Waals surface area contributed by atoms with Crippen LogP contribution in [0.1, 0.15) is 36.5 Å². The first kappa shape index (κ1) is 12.1. The molecule has 0 aliphatic carbocycles. The first-order valence-corrected chi connectivity index (χ1v) is 6.21. The molecule has 0 saturated carbocycles. The second-order valence-corrected chi connectivity index (χ2v) is 4.67. The van der Waals surface area contributed by atoms with Gasteiger partial charge in [-0.05, 0) is 50.5 Å². The lowest BCUT2D eigenvalue weighted by Crippen LogP contribution is -2.24. The molecule has 0 aromatic heterocycles. The molecule has 1 aliphatic rings. The fraction of sp³-hybridized carbons (Fsp3) is 0.500. The average Bonchev–Trinajstić information content (AvgIpc) is 2.54. The minimum Gasteiger partial charge on any atom is -0.393 e. The maximum absolute atomic E-state index is 11.2. The average molecular weight is 233 g/mol. The van der Waals surface area contributed by atoms with Gasteiger partial charge in [-0.2, -0.15) is 0 Å². The monoisotopic (exact) mass is 233 g/mol. The number of benzene rings is 1. The number of carbonyl (C=O) groups excluding carboxylic acids is 1. The Labute approximate surface area is 102 Å². The highest BCUT2D eigenvalue weighted by molar-refractivity contribution is 5.94. The predicted octanol–water partition coefficient (Wildman–Crippen LogP) is 2.24. The highest BCUT2D eigenvalue weighted by atomic mass is 16.3. The Kier molecular flexibility index (Phi) is 3.79. The van der Waals surface area contributed by atoms with E-state index in [0.717, 1.165) is 43.6 Å². The number of hydrogen-bond donors (Lipinski definition) is 1. The van der Waals surface area contributed by atoms with Gasteiger partial charge in [0.1, 0.15) is 0 Å². The maximum atomic E-state index is 11.2. The zero-order valence-corrected chi connectivity index (χ0v) is 10.2. The molecular weight excluding hydrogens is 214 g/mol. The Balaban J connectivity index is 2.08. The number of carbonyl (C=O) groups is 1. The Bertz CT molecular complexity index is 386. The molecule has 0 spiro atoms. The van der Waals surface area contributed by atoms with Gasteiger partial charge in [0.15, 0.2) is 5.78 Å². The van der Waals surface area contributed by atoms with Crippen LogP contribution >= 0.6 is 0 Å². The van der Waals surface area contributed by atoms with Gasteiger partial charge in [-0.15, -0.1) is 0 Å². The van der Waals surface area contributed by atoms with E-state index in [1.165, 1.54) is 0 Å². The highest BCUT2D eigenvalue weighted by Gasteiger charge is 2.15. The highest BCUT2D eigenvalue weighted by Crippen LogP contribution is 2.20. The molecule has 0 amide bonds. The largest absolute Gasteiger partial charge is 0.393 e. The molecule has 2 rings (SSSR count). The third kappa shape index (κ3) is 3.07. The van der Waals surface area contributed by atoms with E-state index >= 15 is 0 Å². The molecule has 1 unspecified atom stereocenters. The smallest absolute Gasteiger partial charge is 0.159 e. The fourth-order valence-electron chi connectivity index (χ4n) is 2.24. The van der Waals surface area contributed by atoms with Crippen LogP contribution in [0.5, 0.6) is 0 Å². The Morgan fingerprint density at radius 1 is 1.24 bits per heavy atom. The summed E-state index contributed by atoms with van der Waals surface area (Å²) < 4.78 is 0. The van der Waals surface area contributed by atoms with Crippen LogP contribution in [0.25, 0.3) is 0 Å². The molecular formula is C14H19NO2. The summed E-state index contributed by atoms with van der Waals surface area (Å²) in [5.41, 5.74) is 1.90. The first-order valence-electron chi connectivity index (χ1n) is 6.21. The van der Waals surface area contributed by atoms with Crippen molar-refractivity contribution in [3.8, 4) is 0 Å². The third-order valence-electron chi connectivity index (χ3n) is 3.34. The minimum absolute atomic E-state index is 0.0999. The molecule has 1 aromatic rings. The molecule has 17 heavy (non-hydrogen) atoms. The van der Waals surface area contributed by atoms with Gasteiger partial charge in [0.2, 0.25) is 0 Å². The van der Waals surface area contributed by atoms with Gasteiger partial charge in [-0.1, -0.05) is 0 Å². The first-order chi connectivity index (χ1) is 8.16.